The average Bonchev–Trinajstić information content (AvgIpc) is 2.90. The molecule has 0 aliphatic carbocycles. The highest BCUT2D eigenvalue weighted by molar-refractivity contribution is 6.09. The van der Waals surface area contributed by atoms with Crippen LogP contribution in [0, 0.1) is 27.7 Å². The summed E-state index contributed by atoms with van der Waals surface area (Å²) >= 11 is 0. The van der Waals surface area contributed by atoms with Crippen LogP contribution in [-0.2, 0) is 0 Å². The first kappa shape index (κ1) is 26.4. The molecule has 0 aromatic heterocycles. The molecular formula is C32H32O4. The van der Waals surface area contributed by atoms with Crippen molar-refractivity contribution in [1.82, 2.24) is 0 Å². The average molecular weight is 481 g/mol. The molecule has 0 fully saturated rings. The Morgan fingerprint density at radius 2 is 0.972 bits per heavy atom. The van der Waals surface area contributed by atoms with Gasteiger partial charge in [0.25, 0.3) is 0 Å². The number of ketones is 2. The molecule has 0 unspecified atom stereocenters. The number of methoxy groups -OCH3 is 2. The Labute approximate surface area is 213 Å². The van der Waals surface area contributed by atoms with Gasteiger partial charge in [0.1, 0.15) is 11.5 Å². The Kier molecular flexibility index (Phi) is 8.80. The van der Waals surface area contributed by atoms with Gasteiger partial charge >= 0.3 is 0 Å². The van der Waals surface area contributed by atoms with E-state index in [4.69, 9.17) is 9.47 Å². The molecule has 184 valence electrons. The van der Waals surface area contributed by atoms with E-state index in [0.29, 0.717) is 16.7 Å². The number of rotatable bonds is 6. The Morgan fingerprint density at radius 1 is 0.500 bits per heavy atom. The van der Waals surface area contributed by atoms with E-state index in [1.165, 1.54) is 5.56 Å². The van der Waals surface area contributed by atoms with Gasteiger partial charge in [0.2, 0.25) is 0 Å². The van der Waals surface area contributed by atoms with Crippen LogP contribution in [0.2, 0.25) is 0 Å². The summed E-state index contributed by atoms with van der Waals surface area (Å²) in [4.78, 5) is 24.5. The van der Waals surface area contributed by atoms with Crippen molar-refractivity contribution < 1.29 is 19.1 Å². The molecule has 0 saturated carbocycles. The predicted octanol–water partition coefficient (Wildman–Crippen LogP) is 7.09. The molecule has 0 aliphatic rings. The van der Waals surface area contributed by atoms with Crippen molar-refractivity contribution in [3.8, 4) is 11.5 Å². The molecule has 0 radical (unpaired) electrons. The molecule has 0 heterocycles. The summed E-state index contributed by atoms with van der Waals surface area (Å²) in [5.74, 6) is 1.64. The predicted molar refractivity (Wildman–Crippen MR) is 145 cm³/mol. The van der Waals surface area contributed by atoms with Gasteiger partial charge in [-0.15, -0.1) is 0 Å². The number of carbonyl (C=O) groups is 2. The summed E-state index contributed by atoms with van der Waals surface area (Å²) in [7, 11) is 3.24. The maximum atomic E-state index is 12.4. The minimum Gasteiger partial charge on any atom is -0.497 e. The zero-order valence-corrected chi connectivity index (χ0v) is 21.7. The first-order valence-electron chi connectivity index (χ1n) is 11.8. The van der Waals surface area contributed by atoms with Gasteiger partial charge < -0.3 is 9.47 Å². The van der Waals surface area contributed by atoms with E-state index in [0.717, 1.165) is 33.8 Å². The van der Waals surface area contributed by atoms with E-state index in [9.17, 15) is 9.59 Å². The van der Waals surface area contributed by atoms with Gasteiger partial charge in [0, 0.05) is 22.3 Å². The number of carbonyl (C=O) groups excluding carboxylic acids is 2. The van der Waals surface area contributed by atoms with Gasteiger partial charge in [0.15, 0.2) is 11.6 Å². The lowest BCUT2D eigenvalue weighted by molar-refractivity contribution is 0.103. The minimum absolute atomic E-state index is 0.0349. The monoisotopic (exact) mass is 480 g/mol. The lowest BCUT2D eigenvalue weighted by Crippen LogP contribution is -2.03. The molecule has 4 rings (SSSR count). The lowest BCUT2D eigenvalue weighted by atomic mass is 9.98. The zero-order chi connectivity index (χ0) is 26.2. The van der Waals surface area contributed by atoms with E-state index >= 15 is 0 Å². The van der Waals surface area contributed by atoms with Gasteiger partial charge in [0.05, 0.1) is 14.2 Å². The maximum absolute atomic E-state index is 12.4. The third kappa shape index (κ3) is 6.48. The molecule has 0 amide bonds. The standard InChI is InChI=1S/C17H18O2.C15H14O2/c1-11-5-6-14(9-12(11)2)17(18)15-7-8-16(19-4)13(3)10-15;1-11-3-5-12(6-4-11)15(16)13-7-9-14(17-2)10-8-13/h5-10H,1-4H3;3-10H,1-2H3. The lowest BCUT2D eigenvalue weighted by Gasteiger charge is -2.08. The molecule has 4 nitrogen and oxygen atoms in total. The van der Waals surface area contributed by atoms with Crippen molar-refractivity contribution >= 4 is 11.6 Å². The first-order valence-corrected chi connectivity index (χ1v) is 11.8. The molecule has 4 aromatic rings. The van der Waals surface area contributed by atoms with Crippen LogP contribution in [0.1, 0.15) is 54.1 Å². The fraction of sp³-hybridized carbons (Fsp3) is 0.188. The van der Waals surface area contributed by atoms with Crippen molar-refractivity contribution in [2.45, 2.75) is 27.7 Å². The minimum atomic E-state index is 0.0349. The van der Waals surface area contributed by atoms with Gasteiger partial charge in [-0.1, -0.05) is 42.0 Å². The van der Waals surface area contributed by atoms with Crippen LogP contribution in [0.4, 0.5) is 0 Å². The summed E-state index contributed by atoms with van der Waals surface area (Å²) in [6, 6.07) is 26.0. The molecule has 0 aliphatic heterocycles. The summed E-state index contributed by atoms with van der Waals surface area (Å²) in [5.41, 5.74) is 7.26. The van der Waals surface area contributed by atoms with E-state index in [-0.39, 0.29) is 11.6 Å². The molecule has 0 N–H and O–H groups in total. The van der Waals surface area contributed by atoms with E-state index < -0.39 is 0 Å². The fourth-order valence-electron chi connectivity index (χ4n) is 3.68. The topological polar surface area (TPSA) is 52.6 Å². The van der Waals surface area contributed by atoms with Gasteiger partial charge in [-0.3, -0.25) is 9.59 Å². The number of hydrogen-bond donors (Lipinski definition) is 0. The SMILES string of the molecule is COc1ccc(C(=O)c2ccc(C)c(C)c2)cc1C.COc1ccc(C(=O)c2ccc(C)cc2)cc1. The zero-order valence-electron chi connectivity index (χ0n) is 21.7. The molecule has 0 saturated heterocycles. The first-order chi connectivity index (χ1) is 17.2. The molecular weight excluding hydrogens is 448 g/mol. The van der Waals surface area contributed by atoms with Crippen LogP contribution in [0.25, 0.3) is 0 Å². The Balaban J connectivity index is 0.000000202. The summed E-state index contributed by atoms with van der Waals surface area (Å²) in [5, 5.41) is 0. The Morgan fingerprint density at radius 3 is 1.47 bits per heavy atom. The smallest absolute Gasteiger partial charge is 0.193 e. The number of benzene rings is 4. The van der Waals surface area contributed by atoms with Crippen molar-refractivity contribution in [2.75, 3.05) is 14.2 Å². The van der Waals surface area contributed by atoms with Crippen LogP contribution in [0.3, 0.4) is 0 Å². The third-order valence-corrected chi connectivity index (χ3v) is 6.09. The highest BCUT2D eigenvalue weighted by Gasteiger charge is 2.11. The van der Waals surface area contributed by atoms with Crippen molar-refractivity contribution in [1.29, 1.82) is 0 Å². The summed E-state index contributed by atoms with van der Waals surface area (Å²) < 4.78 is 10.3. The van der Waals surface area contributed by atoms with Crippen LogP contribution in [0.5, 0.6) is 11.5 Å². The van der Waals surface area contributed by atoms with Crippen LogP contribution in [-0.4, -0.2) is 25.8 Å². The van der Waals surface area contributed by atoms with E-state index in [1.807, 2.05) is 88.4 Å². The second-order valence-corrected chi connectivity index (χ2v) is 8.74. The summed E-state index contributed by atoms with van der Waals surface area (Å²) in [6.07, 6.45) is 0. The molecule has 4 heteroatoms. The van der Waals surface area contributed by atoms with Gasteiger partial charge in [-0.05, 0) is 92.9 Å². The maximum Gasteiger partial charge on any atom is 0.193 e. The quantitative estimate of drug-likeness (QED) is 0.277. The largest absolute Gasteiger partial charge is 0.497 e. The number of hydrogen-bond acceptors (Lipinski definition) is 4. The van der Waals surface area contributed by atoms with E-state index in [2.05, 4.69) is 0 Å². The van der Waals surface area contributed by atoms with Crippen LogP contribution >= 0.6 is 0 Å². The molecule has 0 bridgehead atoms. The summed E-state index contributed by atoms with van der Waals surface area (Å²) in [6.45, 7) is 8.00. The van der Waals surface area contributed by atoms with Crippen molar-refractivity contribution in [3.63, 3.8) is 0 Å². The van der Waals surface area contributed by atoms with Crippen LogP contribution < -0.4 is 9.47 Å². The highest BCUT2D eigenvalue weighted by Crippen LogP contribution is 2.21. The van der Waals surface area contributed by atoms with E-state index in [1.54, 1.807) is 38.5 Å². The molecule has 0 atom stereocenters. The normalized spacial score (nSPS) is 10.2. The number of aryl methyl sites for hydroxylation is 4. The van der Waals surface area contributed by atoms with Crippen molar-refractivity contribution in [3.05, 3.63) is 129 Å². The van der Waals surface area contributed by atoms with Crippen molar-refractivity contribution in [2.24, 2.45) is 0 Å². The molecule has 0 spiro atoms. The second-order valence-electron chi connectivity index (χ2n) is 8.74. The number of ether oxygens (including phenoxy) is 2. The van der Waals surface area contributed by atoms with Gasteiger partial charge in [-0.2, -0.15) is 0 Å². The molecule has 36 heavy (non-hydrogen) atoms. The Bertz CT molecular complexity index is 1350. The fourth-order valence-corrected chi connectivity index (χ4v) is 3.68. The highest BCUT2D eigenvalue weighted by atomic mass is 16.5. The van der Waals surface area contributed by atoms with Gasteiger partial charge in [-0.25, -0.2) is 0 Å². The Hall–Kier alpha value is -4.18. The second kappa shape index (κ2) is 12.0. The third-order valence-electron chi connectivity index (χ3n) is 6.09. The molecule has 4 aromatic carbocycles. The van der Waals surface area contributed by atoms with Crippen LogP contribution in [0.15, 0.2) is 84.9 Å².